The van der Waals surface area contributed by atoms with E-state index in [4.69, 9.17) is 0 Å². The number of hydrogen-bond acceptors (Lipinski definition) is 2. The molecule has 0 amide bonds. The molecule has 0 heterocycles. The highest BCUT2D eigenvalue weighted by molar-refractivity contribution is 5.19. The van der Waals surface area contributed by atoms with Crippen LogP contribution in [0.25, 0.3) is 0 Å². The quantitative estimate of drug-likeness (QED) is 0.747. The minimum absolute atomic E-state index is 0.167. The van der Waals surface area contributed by atoms with E-state index in [0.29, 0.717) is 0 Å². The van der Waals surface area contributed by atoms with Gasteiger partial charge in [-0.2, -0.15) is 0 Å². The second-order valence-corrected chi connectivity index (χ2v) is 4.39. The lowest BCUT2D eigenvalue weighted by Gasteiger charge is -2.15. The first-order valence-electron chi connectivity index (χ1n) is 5.73. The Hall–Kier alpha value is -0.930. The predicted octanol–water partition coefficient (Wildman–Crippen LogP) is 2.43. The summed E-state index contributed by atoms with van der Waals surface area (Å²) in [6.07, 6.45) is 1.10. The maximum Gasteiger partial charge on any atom is 0.123 e. The number of benzene rings is 1. The smallest absolute Gasteiger partial charge is 0.123 e. The van der Waals surface area contributed by atoms with E-state index >= 15 is 0 Å². The Morgan fingerprint density at radius 3 is 2.75 bits per heavy atom. The van der Waals surface area contributed by atoms with Gasteiger partial charge in [0.25, 0.3) is 0 Å². The summed E-state index contributed by atoms with van der Waals surface area (Å²) in [4.78, 5) is 2.16. The molecule has 0 aliphatic carbocycles. The molecule has 0 saturated carbocycles. The van der Waals surface area contributed by atoms with Gasteiger partial charge >= 0.3 is 0 Å². The Labute approximate surface area is 97.5 Å². The third-order valence-electron chi connectivity index (χ3n) is 2.58. The molecule has 16 heavy (non-hydrogen) atoms. The minimum Gasteiger partial charge on any atom is -0.310 e. The van der Waals surface area contributed by atoms with E-state index < -0.39 is 0 Å². The molecule has 0 fully saturated rings. The number of rotatable bonds is 6. The molecule has 0 saturated heterocycles. The largest absolute Gasteiger partial charge is 0.310 e. The molecule has 0 spiro atoms. The molecule has 1 N–H and O–H groups in total. The summed E-state index contributed by atoms with van der Waals surface area (Å²) < 4.78 is 13.0. The fraction of sp³-hybridized carbons (Fsp3) is 0.538. The standard InChI is InChI=1S/C13H21FN2/c1-11(15-8-5-9-16(2)3)12-6-4-7-13(14)10-12/h4,6-7,10-11,15H,5,8-9H2,1-3H3/t11-/m1/s1. The van der Waals surface area contributed by atoms with Crippen LogP contribution in [0.2, 0.25) is 0 Å². The number of nitrogens with zero attached hydrogens (tertiary/aromatic N) is 1. The second-order valence-electron chi connectivity index (χ2n) is 4.39. The molecule has 1 atom stereocenters. The van der Waals surface area contributed by atoms with Crippen LogP contribution in [0, 0.1) is 5.82 Å². The van der Waals surface area contributed by atoms with E-state index in [1.807, 2.05) is 6.07 Å². The summed E-state index contributed by atoms with van der Waals surface area (Å²) in [7, 11) is 4.13. The first-order valence-corrected chi connectivity index (χ1v) is 5.73. The van der Waals surface area contributed by atoms with Gasteiger partial charge in [0, 0.05) is 6.04 Å². The molecule has 0 aliphatic heterocycles. The van der Waals surface area contributed by atoms with Gasteiger partial charge in [-0.1, -0.05) is 12.1 Å². The molecule has 1 rings (SSSR count). The molecule has 0 aromatic heterocycles. The van der Waals surface area contributed by atoms with E-state index in [1.54, 1.807) is 12.1 Å². The number of hydrogen-bond donors (Lipinski definition) is 1. The van der Waals surface area contributed by atoms with Crippen LogP contribution in [0.15, 0.2) is 24.3 Å². The minimum atomic E-state index is -0.167. The first kappa shape index (κ1) is 13.1. The Morgan fingerprint density at radius 1 is 1.38 bits per heavy atom. The predicted molar refractivity (Wildman–Crippen MR) is 66.0 cm³/mol. The number of nitrogens with one attached hydrogen (secondary N) is 1. The fourth-order valence-corrected chi connectivity index (χ4v) is 1.61. The van der Waals surface area contributed by atoms with Crippen LogP contribution in [-0.4, -0.2) is 32.1 Å². The van der Waals surface area contributed by atoms with Crippen molar-refractivity contribution in [1.29, 1.82) is 0 Å². The Morgan fingerprint density at radius 2 is 2.12 bits per heavy atom. The van der Waals surface area contributed by atoms with Crippen molar-refractivity contribution in [1.82, 2.24) is 10.2 Å². The molecule has 2 nitrogen and oxygen atoms in total. The van der Waals surface area contributed by atoms with Gasteiger partial charge in [-0.3, -0.25) is 0 Å². The summed E-state index contributed by atoms with van der Waals surface area (Å²) in [5.41, 5.74) is 1.00. The van der Waals surface area contributed by atoms with Gasteiger partial charge in [0.2, 0.25) is 0 Å². The van der Waals surface area contributed by atoms with Crippen molar-refractivity contribution in [2.75, 3.05) is 27.2 Å². The SMILES string of the molecule is C[C@@H](NCCCN(C)C)c1cccc(F)c1. The van der Waals surface area contributed by atoms with Crippen LogP contribution in [0.4, 0.5) is 4.39 Å². The molecule has 0 unspecified atom stereocenters. The molecule has 90 valence electrons. The number of halogens is 1. The van der Waals surface area contributed by atoms with Crippen LogP contribution in [0.1, 0.15) is 24.9 Å². The highest BCUT2D eigenvalue weighted by Gasteiger charge is 2.04. The molecule has 1 aromatic rings. The van der Waals surface area contributed by atoms with Crippen LogP contribution < -0.4 is 5.32 Å². The van der Waals surface area contributed by atoms with Gasteiger partial charge in [-0.15, -0.1) is 0 Å². The van der Waals surface area contributed by atoms with Crippen molar-refractivity contribution in [2.24, 2.45) is 0 Å². The van der Waals surface area contributed by atoms with Gasteiger partial charge in [-0.05, 0) is 58.2 Å². The van der Waals surface area contributed by atoms with Crippen molar-refractivity contribution in [3.63, 3.8) is 0 Å². The van der Waals surface area contributed by atoms with Crippen LogP contribution in [-0.2, 0) is 0 Å². The van der Waals surface area contributed by atoms with Gasteiger partial charge in [0.15, 0.2) is 0 Å². The molecule has 3 heteroatoms. The molecular formula is C13H21FN2. The molecule has 1 aromatic carbocycles. The first-order chi connectivity index (χ1) is 7.59. The van der Waals surface area contributed by atoms with Gasteiger partial charge in [-0.25, -0.2) is 4.39 Å². The van der Waals surface area contributed by atoms with Crippen molar-refractivity contribution < 1.29 is 4.39 Å². The van der Waals surface area contributed by atoms with Gasteiger partial charge in [0.1, 0.15) is 5.82 Å². The van der Waals surface area contributed by atoms with Crippen LogP contribution in [0.5, 0.6) is 0 Å². The molecule has 0 radical (unpaired) electrons. The van der Waals surface area contributed by atoms with E-state index in [1.165, 1.54) is 6.07 Å². The van der Waals surface area contributed by atoms with Crippen molar-refractivity contribution in [3.05, 3.63) is 35.6 Å². The average molecular weight is 224 g/mol. The van der Waals surface area contributed by atoms with E-state index in [0.717, 1.165) is 25.1 Å². The normalized spacial score (nSPS) is 13.1. The summed E-state index contributed by atoms with van der Waals surface area (Å²) in [5.74, 6) is -0.167. The summed E-state index contributed by atoms with van der Waals surface area (Å²) in [5, 5.41) is 3.39. The van der Waals surface area contributed by atoms with Crippen molar-refractivity contribution >= 4 is 0 Å². The molecule has 0 aliphatic rings. The topological polar surface area (TPSA) is 15.3 Å². The highest BCUT2D eigenvalue weighted by Crippen LogP contribution is 2.12. The maximum atomic E-state index is 13.0. The second kappa shape index (κ2) is 6.61. The Bertz CT molecular complexity index is 313. The molecule has 0 bridgehead atoms. The van der Waals surface area contributed by atoms with Crippen LogP contribution >= 0.6 is 0 Å². The van der Waals surface area contributed by atoms with Crippen molar-refractivity contribution in [2.45, 2.75) is 19.4 Å². The third kappa shape index (κ3) is 4.73. The monoisotopic (exact) mass is 224 g/mol. The van der Waals surface area contributed by atoms with E-state index in [9.17, 15) is 4.39 Å². The van der Waals surface area contributed by atoms with E-state index in [2.05, 4.69) is 31.2 Å². The van der Waals surface area contributed by atoms with Crippen molar-refractivity contribution in [3.8, 4) is 0 Å². The lowest BCUT2D eigenvalue weighted by atomic mass is 10.1. The molecular weight excluding hydrogens is 203 g/mol. The lowest BCUT2D eigenvalue weighted by Crippen LogP contribution is -2.23. The maximum absolute atomic E-state index is 13.0. The summed E-state index contributed by atoms with van der Waals surface area (Å²) in [6, 6.07) is 6.97. The third-order valence-corrected chi connectivity index (χ3v) is 2.58. The van der Waals surface area contributed by atoms with Crippen LogP contribution in [0.3, 0.4) is 0 Å². The zero-order valence-corrected chi connectivity index (χ0v) is 10.3. The Balaban J connectivity index is 2.32. The van der Waals surface area contributed by atoms with Gasteiger partial charge in [0.05, 0.1) is 0 Å². The van der Waals surface area contributed by atoms with E-state index in [-0.39, 0.29) is 11.9 Å². The zero-order valence-electron chi connectivity index (χ0n) is 10.3. The average Bonchev–Trinajstić information content (AvgIpc) is 2.24. The highest BCUT2D eigenvalue weighted by atomic mass is 19.1. The van der Waals surface area contributed by atoms with Gasteiger partial charge < -0.3 is 10.2 Å². The lowest BCUT2D eigenvalue weighted by molar-refractivity contribution is 0.389. The zero-order chi connectivity index (χ0) is 12.0. The summed E-state index contributed by atoms with van der Waals surface area (Å²) in [6.45, 7) is 4.09. The fourth-order valence-electron chi connectivity index (χ4n) is 1.61. The Kier molecular flexibility index (Phi) is 5.43. The summed E-state index contributed by atoms with van der Waals surface area (Å²) >= 11 is 0.